The van der Waals surface area contributed by atoms with Gasteiger partial charge in [0.05, 0.1) is 18.4 Å². The van der Waals surface area contributed by atoms with Crippen molar-refractivity contribution in [3.63, 3.8) is 0 Å². The minimum absolute atomic E-state index is 0.0184. The van der Waals surface area contributed by atoms with Crippen LogP contribution < -0.4 is 4.74 Å². The summed E-state index contributed by atoms with van der Waals surface area (Å²) in [6.07, 6.45) is 1.61. The molecule has 0 saturated heterocycles. The molecular weight excluding hydrogens is 262 g/mol. The summed E-state index contributed by atoms with van der Waals surface area (Å²) in [5, 5.41) is 8.43. The molecule has 1 heterocycles. The maximum absolute atomic E-state index is 12.2. The van der Waals surface area contributed by atoms with E-state index in [1.807, 2.05) is 26.1 Å². The molecular formula is C13H15N3O2S. The molecule has 0 atom stereocenters. The average Bonchev–Trinajstić information content (AvgIpc) is 2.81. The lowest BCUT2D eigenvalue weighted by atomic mass is 10.1. The van der Waals surface area contributed by atoms with Crippen LogP contribution in [0.1, 0.15) is 15.9 Å². The van der Waals surface area contributed by atoms with Gasteiger partial charge in [-0.3, -0.25) is 4.79 Å². The van der Waals surface area contributed by atoms with Gasteiger partial charge in [-0.15, -0.1) is 10.2 Å². The van der Waals surface area contributed by atoms with Crippen molar-refractivity contribution < 1.29 is 9.53 Å². The Labute approximate surface area is 116 Å². The number of hydrogen-bond donors (Lipinski definition) is 0. The number of thioether (sulfide) groups is 1. The highest BCUT2D eigenvalue weighted by atomic mass is 32.2. The van der Waals surface area contributed by atoms with Crippen LogP contribution in [0.5, 0.6) is 5.75 Å². The summed E-state index contributed by atoms with van der Waals surface area (Å²) < 4.78 is 7.03. The Morgan fingerprint density at radius 1 is 1.47 bits per heavy atom. The Bertz CT molecular complexity index is 595. The third-order valence-corrected chi connectivity index (χ3v) is 3.69. The molecule has 0 amide bonds. The summed E-state index contributed by atoms with van der Waals surface area (Å²) in [5.41, 5.74) is 1.66. The van der Waals surface area contributed by atoms with Crippen LogP contribution in [0.4, 0.5) is 0 Å². The van der Waals surface area contributed by atoms with Gasteiger partial charge in [-0.1, -0.05) is 17.8 Å². The molecule has 1 aromatic carbocycles. The number of Topliss-reactive ketones (excluding diaryl/α,β-unsaturated/α-hetero) is 1. The molecule has 0 N–H and O–H groups in total. The lowest BCUT2D eigenvalue weighted by molar-refractivity contribution is 0.101. The molecule has 2 aromatic rings. The first-order valence-electron chi connectivity index (χ1n) is 5.76. The number of aryl methyl sites for hydroxylation is 2. The van der Waals surface area contributed by atoms with Crippen molar-refractivity contribution in [2.45, 2.75) is 12.1 Å². The van der Waals surface area contributed by atoms with Crippen molar-refractivity contribution in [3.05, 3.63) is 35.7 Å². The third kappa shape index (κ3) is 3.14. The molecule has 6 heteroatoms. The number of nitrogens with zero attached hydrogens (tertiary/aromatic N) is 3. The van der Waals surface area contributed by atoms with Crippen LogP contribution >= 0.6 is 11.8 Å². The zero-order valence-electron chi connectivity index (χ0n) is 11.1. The van der Waals surface area contributed by atoms with Crippen molar-refractivity contribution in [1.82, 2.24) is 14.8 Å². The van der Waals surface area contributed by atoms with Gasteiger partial charge in [-0.05, 0) is 24.6 Å². The van der Waals surface area contributed by atoms with Gasteiger partial charge in [0.15, 0.2) is 10.9 Å². The molecule has 5 nitrogen and oxygen atoms in total. The second-order valence-electron chi connectivity index (χ2n) is 4.14. The zero-order valence-corrected chi connectivity index (χ0v) is 11.9. The van der Waals surface area contributed by atoms with Crippen molar-refractivity contribution in [2.24, 2.45) is 7.05 Å². The first kappa shape index (κ1) is 13.6. The van der Waals surface area contributed by atoms with E-state index >= 15 is 0 Å². The van der Waals surface area contributed by atoms with E-state index in [4.69, 9.17) is 4.74 Å². The smallest absolute Gasteiger partial charge is 0.191 e. The van der Waals surface area contributed by atoms with E-state index in [0.29, 0.717) is 17.1 Å². The number of carbonyl (C=O) groups is 1. The highest BCUT2D eigenvalue weighted by Gasteiger charge is 2.14. The molecule has 2 rings (SSSR count). The largest absolute Gasteiger partial charge is 0.496 e. The maximum atomic E-state index is 12.2. The summed E-state index contributed by atoms with van der Waals surface area (Å²) in [5.74, 6) is 0.944. The summed E-state index contributed by atoms with van der Waals surface area (Å²) in [6.45, 7) is 1.96. The molecule has 19 heavy (non-hydrogen) atoms. The quantitative estimate of drug-likeness (QED) is 0.619. The van der Waals surface area contributed by atoms with Crippen molar-refractivity contribution in [1.29, 1.82) is 0 Å². The molecule has 0 aliphatic rings. The second kappa shape index (κ2) is 5.88. The number of methoxy groups -OCH3 is 1. The van der Waals surface area contributed by atoms with Crippen LogP contribution in [-0.2, 0) is 7.05 Å². The first-order valence-corrected chi connectivity index (χ1v) is 6.75. The van der Waals surface area contributed by atoms with Crippen molar-refractivity contribution in [2.75, 3.05) is 12.9 Å². The lowest BCUT2D eigenvalue weighted by Gasteiger charge is -2.08. The fourth-order valence-electron chi connectivity index (χ4n) is 1.64. The van der Waals surface area contributed by atoms with Crippen molar-refractivity contribution >= 4 is 17.5 Å². The van der Waals surface area contributed by atoms with Gasteiger partial charge in [0.25, 0.3) is 0 Å². The highest BCUT2D eigenvalue weighted by molar-refractivity contribution is 7.99. The van der Waals surface area contributed by atoms with Gasteiger partial charge in [0, 0.05) is 7.05 Å². The fraction of sp³-hybridized carbons (Fsp3) is 0.308. The highest BCUT2D eigenvalue weighted by Crippen LogP contribution is 2.23. The Morgan fingerprint density at radius 3 is 2.89 bits per heavy atom. The normalized spacial score (nSPS) is 10.5. The molecule has 0 aliphatic heterocycles. The Morgan fingerprint density at radius 2 is 2.26 bits per heavy atom. The molecule has 0 aliphatic carbocycles. The molecule has 0 radical (unpaired) electrons. The predicted octanol–water partition coefficient (Wildman–Crippen LogP) is 2.11. The van der Waals surface area contributed by atoms with Gasteiger partial charge in [0.1, 0.15) is 12.1 Å². The van der Waals surface area contributed by atoms with E-state index in [9.17, 15) is 4.79 Å². The summed E-state index contributed by atoms with van der Waals surface area (Å²) in [6, 6.07) is 5.57. The Kier molecular flexibility index (Phi) is 4.21. The molecule has 100 valence electrons. The second-order valence-corrected chi connectivity index (χ2v) is 5.08. The molecule has 0 bridgehead atoms. The van der Waals surface area contributed by atoms with Gasteiger partial charge in [-0.25, -0.2) is 0 Å². The van der Waals surface area contributed by atoms with Crippen LogP contribution in [0.25, 0.3) is 0 Å². The number of carbonyl (C=O) groups excluding carboxylic acids is 1. The van der Waals surface area contributed by atoms with Crippen LogP contribution in [0, 0.1) is 6.92 Å². The molecule has 0 unspecified atom stereocenters. The van der Waals surface area contributed by atoms with Gasteiger partial charge < -0.3 is 9.30 Å². The number of aromatic nitrogens is 3. The van der Waals surface area contributed by atoms with E-state index < -0.39 is 0 Å². The van der Waals surface area contributed by atoms with E-state index in [1.54, 1.807) is 24.1 Å². The van der Waals surface area contributed by atoms with Gasteiger partial charge >= 0.3 is 0 Å². The standard InChI is InChI=1S/C13H15N3O2S/c1-9-4-5-10(12(6-9)18-3)11(17)7-19-13-15-14-8-16(13)2/h4-6,8H,7H2,1-3H3. The van der Waals surface area contributed by atoms with E-state index in [0.717, 1.165) is 10.7 Å². The number of ether oxygens (including phenoxy) is 1. The Balaban J connectivity index is 2.10. The third-order valence-electron chi connectivity index (χ3n) is 2.66. The topological polar surface area (TPSA) is 57.0 Å². The molecule has 0 saturated carbocycles. The zero-order chi connectivity index (χ0) is 13.8. The SMILES string of the molecule is COc1cc(C)ccc1C(=O)CSc1nncn1C. The molecule has 0 spiro atoms. The Hall–Kier alpha value is -1.82. The van der Waals surface area contributed by atoms with E-state index in [-0.39, 0.29) is 5.78 Å². The van der Waals surface area contributed by atoms with E-state index in [1.165, 1.54) is 11.8 Å². The first-order chi connectivity index (χ1) is 9.11. The minimum Gasteiger partial charge on any atom is -0.496 e. The fourth-order valence-corrected chi connectivity index (χ4v) is 2.41. The number of ketones is 1. The number of rotatable bonds is 5. The number of benzene rings is 1. The summed E-state index contributed by atoms with van der Waals surface area (Å²) in [7, 11) is 3.42. The van der Waals surface area contributed by atoms with Gasteiger partial charge in [-0.2, -0.15) is 0 Å². The van der Waals surface area contributed by atoms with Crippen LogP contribution in [0.15, 0.2) is 29.7 Å². The summed E-state index contributed by atoms with van der Waals surface area (Å²) in [4.78, 5) is 12.2. The summed E-state index contributed by atoms with van der Waals surface area (Å²) >= 11 is 1.36. The maximum Gasteiger partial charge on any atom is 0.191 e. The van der Waals surface area contributed by atoms with Crippen molar-refractivity contribution in [3.8, 4) is 5.75 Å². The van der Waals surface area contributed by atoms with Crippen LogP contribution in [-0.4, -0.2) is 33.4 Å². The van der Waals surface area contributed by atoms with E-state index in [2.05, 4.69) is 10.2 Å². The predicted molar refractivity (Wildman–Crippen MR) is 73.8 cm³/mol. The van der Waals surface area contributed by atoms with Gasteiger partial charge in [0.2, 0.25) is 0 Å². The minimum atomic E-state index is 0.0184. The van der Waals surface area contributed by atoms with Crippen LogP contribution in [0.2, 0.25) is 0 Å². The lowest BCUT2D eigenvalue weighted by Crippen LogP contribution is -2.06. The number of hydrogen-bond acceptors (Lipinski definition) is 5. The van der Waals surface area contributed by atoms with Crippen LogP contribution in [0.3, 0.4) is 0 Å². The molecule has 1 aromatic heterocycles. The average molecular weight is 277 g/mol. The monoisotopic (exact) mass is 277 g/mol. The molecule has 0 fully saturated rings.